The second kappa shape index (κ2) is 12.4. The molecule has 0 N–H and O–H groups in total. The van der Waals surface area contributed by atoms with Gasteiger partial charge in [-0.05, 0) is 65.2 Å². The van der Waals surface area contributed by atoms with Crippen molar-refractivity contribution in [1.29, 1.82) is 0 Å². The fraction of sp³-hybridized carbons (Fsp3) is 0.935. The van der Waals surface area contributed by atoms with Gasteiger partial charge in [0.1, 0.15) is 0 Å². The number of rotatable bonds is 6. The molecule has 5 fully saturated rings. The molecule has 5 aliphatic rings. The number of nitrogens with zero attached hydrogens (tertiary/aromatic N) is 2. The summed E-state index contributed by atoms with van der Waals surface area (Å²) in [5.74, 6) is -0.888. The lowest BCUT2D eigenvalue weighted by Gasteiger charge is -2.44. The quantitative estimate of drug-likeness (QED) is 0.405. The Balaban J connectivity index is 1.41. The number of ether oxygens (including phenoxy) is 2. The van der Waals surface area contributed by atoms with Crippen LogP contribution in [-0.2, 0) is 19.1 Å². The fourth-order valence-corrected chi connectivity index (χ4v) is 8.17. The highest BCUT2D eigenvalue weighted by atomic mass is 16.8. The number of amides is 2. The molecule has 0 unspecified atom stereocenters. The molecular weight excluding hydrogens is 464 g/mol. The molecule has 210 valence electrons. The molecule has 4 saturated carbocycles. The van der Waals surface area contributed by atoms with Crippen LogP contribution >= 0.6 is 0 Å². The first-order valence-corrected chi connectivity index (χ1v) is 15.9. The van der Waals surface area contributed by atoms with Crippen molar-refractivity contribution in [1.82, 2.24) is 9.80 Å². The van der Waals surface area contributed by atoms with E-state index >= 15 is 0 Å². The Kier molecular flexibility index (Phi) is 9.16. The van der Waals surface area contributed by atoms with Crippen LogP contribution in [0.2, 0.25) is 0 Å². The molecular formula is C31H52N2O4. The Hall–Kier alpha value is -1.14. The van der Waals surface area contributed by atoms with E-state index in [9.17, 15) is 9.59 Å². The van der Waals surface area contributed by atoms with Crippen molar-refractivity contribution < 1.29 is 19.1 Å². The highest BCUT2D eigenvalue weighted by Crippen LogP contribution is 2.38. The monoisotopic (exact) mass is 516 g/mol. The van der Waals surface area contributed by atoms with E-state index in [1.165, 1.54) is 77.0 Å². The average Bonchev–Trinajstić information content (AvgIpc) is 3.27. The summed E-state index contributed by atoms with van der Waals surface area (Å²) >= 11 is 0. The van der Waals surface area contributed by atoms with E-state index in [-0.39, 0.29) is 36.0 Å². The first-order chi connectivity index (χ1) is 17.9. The van der Waals surface area contributed by atoms with Crippen LogP contribution in [0, 0.1) is 0 Å². The molecule has 0 aromatic rings. The van der Waals surface area contributed by atoms with Gasteiger partial charge in [-0.1, -0.05) is 77.0 Å². The van der Waals surface area contributed by atoms with Gasteiger partial charge in [-0.15, -0.1) is 0 Å². The maximum absolute atomic E-state index is 14.5. The Morgan fingerprint density at radius 1 is 0.486 bits per heavy atom. The summed E-state index contributed by atoms with van der Waals surface area (Å²) in [7, 11) is 0. The molecule has 0 aromatic carbocycles. The summed E-state index contributed by atoms with van der Waals surface area (Å²) in [5, 5.41) is 0. The summed E-state index contributed by atoms with van der Waals surface area (Å²) in [6, 6.07) is 1.11. The molecule has 1 heterocycles. The predicted molar refractivity (Wildman–Crippen MR) is 145 cm³/mol. The number of carbonyl (C=O) groups excluding carboxylic acids is 2. The summed E-state index contributed by atoms with van der Waals surface area (Å²) in [6.45, 7) is 3.75. The molecule has 0 aromatic heterocycles. The van der Waals surface area contributed by atoms with Gasteiger partial charge in [-0.3, -0.25) is 9.59 Å². The number of carbonyl (C=O) groups is 2. The summed E-state index contributed by atoms with van der Waals surface area (Å²) in [6.07, 6.45) is 21.5. The lowest BCUT2D eigenvalue weighted by molar-refractivity contribution is -0.169. The van der Waals surface area contributed by atoms with Crippen molar-refractivity contribution in [3.8, 4) is 0 Å². The zero-order chi connectivity index (χ0) is 25.8. The molecule has 6 heteroatoms. The highest BCUT2D eigenvalue weighted by Gasteiger charge is 2.53. The van der Waals surface area contributed by atoms with Crippen LogP contribution in [0.15, 0.2) is 0 Å². The second-order valence-corrected chi connectivity index (χ2v) is 13.1. The molecule has 5 rings (SSSR count). The molecule has 0 bridgehead atoms. The maximum atomic E-state index is 14.5. The first kappa shape index (κ1) is 27.4. The van der Waals surface area contributed by atoms with Crippen LogP contribution in [0.4, 0.5) is 0 Å². The molecule has 2 amide bonds. The lowest BCUT2D eigenvalue weighted by atomic mass is 9.87. The molecule has 0 spiro atoms. The van der Waals surface area contributed by atoms with Gasteiger partial charge in [-0.25, -0.2) is 0 Å². The zero-order valence-electron chi connectivity index (χ0n) is 23.6. The molecule has 4 aliphatic carbocycles. The van der Waals surface area contributed by atoms with Gasteiger partial charge in [0.05, 0.1) is 0 Å². The summed E-state index contributed by atoms with van der Waals surface area (Å²) < 4.78 is 12.7. The van der Waals surface area contributed by atoms with Crippen molar-refractivity contribution in [3.05, 3.63) is 0 Å². The van der Waals surface area contributed by atoms with E-state index < -0.39 is 18.0 Å². The van der Waals surface area contributed by atoms with Crippen molar-refractivity contribution in [2.45, 2.75) is 184 Å². The van der Waals surface area contributed by atoms with Gasteiger partial charge in [0.25, 0.3) is 11.8 Å². The SMILES string of the molecule is CC1(C)O[C@@H](C(=O)N(C2CCCCC2)C2CCCCC2)[C@H](C(=O)N(C2CCCCC2)C2CCCCC2)O1. The van der Waals surface area contributed by atoms with Crippen LogP contribution in [0.3, 0.4) is 0 Å². The van der Waals surface area contributed by atoms with Gasteiger partial charge in [-0.2, -0.15) is 0 Å². The lowest BCUT2D eigenvalue weighted by Crippen LogP contribution is -2.58. The van der Waals surface area contributed by atoms with E-state index in [0.717, 1.165) is 51.4 Å². The van der Waals surface area contributed by atoms with Crippen LogP contribution in [0.1, 0.15) is 142 Å². The predicted octanol–water partition coefficient (Wildman–Crippen LogP) is 6.49. The molecule has 0 radical (unpaired) electrons. The third-order valence-corrected chi connectivity index (χ3v) is 9.96. The summed E-state index contributed by atoms with van der Waals surface area (Å²) in [5.41, 5.74) is 0. The van der Waals surface area contributed by atoms with E-state index in [1.807, 2.05) is 13.8 Å². The van der Waals surface area contributed by atoms with Crippen LogP contribution in [-0.4, -0.2) is 63.8 Å². The van der Waals surface area contributed by atoms with Gasteiger partial charge in [0, 0.05) is 24.2 Å². The topological polar surface area (TPSA) is 59.1 Å². The van der Waals surface area contributed by atoms with E-state index in [4.69, 9.17) is 9.47 Å². The smallest absolute Gasteiger partial charge is 0.255 e. The molecule has 2 atom stereocenters. The second-order valence-electron chi connectivity index (χ2n) is 13.1. The zero-order valence-corrected chi connectivity index (χ0v) is 23.6. The maximum Gasteiger partial charge on any atom is 0.255 e. The molecule has 1 saturated heterocycles. The Morgan fingerprint density at radius 3 is 0.973 bits per heavy atom. The Morgan fingerprint density at radius 2 is 0.730 bits per heavy atom. The number of hydrogen-bond acceptors (Lipinski definition) is 4. The molecule has 6 nitrogen and oxygen atoms in total. The van der Waals surface area contributed by atoms with Crippen molar-refractivity contribution >= 4 is 11.8 Å². The number of hydrogen-bond donors (Lipinski definition) is 0. The van der Waals surface area contributed by atoms with Crippen molar-refractivity contribution in [2.75, 3.05) is 0 Å². The van der Waals surface area contributed by atoms with Crippen molar-refractivity contribution in [2.24, 2.45) is 0 Å². The minimum Gasteiger partial charge on any atom is -0.334 e. The van der Waals surface area contributed by atoms with Crippen LogP contribution < -0.4 is 0 Å². The van der Waals surface area contributed by atoms with Crippen molar-refractivity contribution in [3.63, 3.8) is 0 Å². The first-order valence-electron chi connectivity index (χ1n) is 15.9. The minimum absolute atomic E-state index is 0.0231. The Bertz CT molecular complexity index is 663. The third-order valence-electron chi connectivity index (χ3n) is 9.96. The fourth-order valence-electron chi connectivity index (χ4n) is 8.17. The Labute approximate surface area is 225 Å². The minimum atomic E-state index is -0.934. The van der Waals surface area contributed by atoms with Crippen LogP contribution in [0.5, 0.6) is 0 Å². The molecule has 1 aliphatic heterocycles. The standard InChI is InChI=1S/C31H52N2O4/c1-31(2)36-27(29(34)32(23-15-7-3-8-16-23)24-17-9-4-10-18-24)28(37-31)30(35)33(25-19-11-5-12-20-25)26-21-13-6-14-22-26/h23-28H,3-22H2,1-2H3/t27-,28-/m1/s1. The van der Waals surface area contributed by atoms with Gasteiger partial charge in [0.2, 0.25) is 0 Å². The molecule has 37 heavy (non-hydrogen) atoms. The van der Waals surface area contributed by atoms with Gasteiger partial charge >= 0.3 is 0 Å². The van der Waals surface area contributed by atoms with E-state index in [2.05, 4.69) is 9.80 Å². The third kappa shape index (κ3) is 6.37. The largest absolute Gasteiger partial charge is 0.334 e. The van der Waals surface area contributed by atoms with Gasteiger partial charge in [0.15, 0.2) is 18.0 Å². The summed E-state index contributed by atoms with van der Waals surface area (Å²) in [4.78, 5) is 33.4. The normalized spacial score (nSPS) is 30.8. The average molecular weight is 517 g/mol. The van der Waals surface area contributed by atoms with E-state index in [1.54, 1.807) is 0 Å². The van der Waals surface area contributed by atoms with Crippen LogP contribution in [0.25, 0.3) is 0 Å². The van der Waals surface area contributed by atoms with Gasteiger partial charge < -0.3 is 19.3 Å². The van der Waals surface area contributed by atoms with E-state index in [0.29, 0.717) is 0 Å². The highest BCUT2D eigenvalue weighted by molar-refractivity contribution is 5.92.